The Hall–Kier alpha value is -2.98. The van der Waals surface area contributed by atoms with E-state index >= 15 is 0 Å². The number of halogens is 1. The lowest BCUT2D eigenvalue weighted by Crippen LogP contribution is -2.12. The largest absolute Gasteiger partial charge is 0.497 e. The van der Waals surface area contributed by atoms with Gasteiger partial charge >= 0.3 is 0 Å². The van der Waals surface area contributed by atoms with Crippen LogP contribution < -0.4 is 14.2 Å². The average Bonchev–Trinajstić information content (AvgIpc) is 3.12. The van der Waals surface area contributed by atoms with Crippen LogP contribution in [0.25, 0.3) is 5.69 Å². The Morgan fingerprint density at radius 2 is 1.74 bits per heavy atom. The minimum absolute atomic E-state index is 0.337. The second kappa shape index (κ2) is 9.88. The van der Waals surface area contributed by atoms with Gasteiger partial charge in [-0.05, 0) is 42.8 Å². The number of ether oxygens (including phenoxy) is 3. The fraction of sp³-hybridized carbons (Fsp3) is 0.300. The predicted molar refractivity (Wildman–Crippen MR) is 118 cm³/mol. The molecular formula is C20H21ClN4O5S. The van der Waals surface area contributed by atoms with Gasteiger partial charge in [-0.15, -0.1) is 10.2 Å². The summed E-state index contributed by atoms with van der Waals surface area (Å²) in [6.45, 7) is 1.45. The van der Waals surface area contributed by atoms with Crippen LogP contribution in [0.1, 0.15) is 16.6 Å². The lowest BCUT2D eigenvalue weighted by atomic mass is 10.1. The molecule has 0 aliphatic carbocycles. The molecule has 0 N–H and O–H groups in total. The molecule has 1 heterocycles. The van der Waals surface area contributed by atoms with Crippen molar-refractivity contribution in [2.45, 2.75) is 17.3 Å². The average molecular weight is 465 g/mol. The third-order valence-corrected chi connectivity index (χ3v) is 6.03. The molecule has 9 nitrogen and oxygen atoms in total. The van der Waals surface area contributed by atoms with Crippen LogP contribution >= 0.6 is 23.4 Å². The molecule has 0 aliphatic heterocycles. The summed E-state index contributed by atoms with van der Waals surface area (Å²) < 4.78 is 17.6. The molecule has 0 unspecified atom stereocenters. The van der Waals surface area contributed by atoms with Crippen LogP contribution in [0.4, 0.5) is 0 Å². The summed E-state index contributed by atoms with van der Waals surface area (Å²) >= 11 is 7.65. The summed E-state index contributed by atoms with van der Waals surface area (Å²) in [5.74, 6) is 2.24. The van der Waals surface area contributed by atoms with Crippen molar-refractivity contribution in [3.05, 3.63) is 62.9 Å². The smallest absolute Gasteiger partial charge is 0.220 e. The summed E-state index contributed by atoms with van der Waals surface area (Å²) in [5, 5.41) is 20.0. The fourth-order valence-corrected chi connectivity index (χ4v) is 4.58. The lowest BCUT2D eigenvalue weighted by molar-refractivity contribution is -0.479. The molecule has 0 radical (unpaired) electrons. The first-order chi connectivity index (χ1) is 14.9. The van der Waals surface area contributed by atoms with E-state index in [0.717, 1.165) is 5.69 Å². The number of hydrogen-bond donors (Lipinski definition) is 0. The van der Waals surface area contributed by atoms with Crippen molar-refractivity contribution >= 4 is 23.4 Å². The summed E-state index contributed by atoms with van der Waals surface area (Å²) in [6.07, 6.45) is 0. The van der Waals surface area contributed by atoms with Crippen molar-refractivity contribution in [2.75, 3.05) is 27.9 Å². The molecule has 11 heteroatoms. The van der Waals surface area contributed by atoms with E-state index in [0.29, 0.717) is 38.8 Å². The van der Waals surface area contributed by atoms with E-state index in [4.69, 9.17) is 25.8 Å². The SMILES string of the molecule is COc1ccc(-n2c(C)nnc2S[C@H](C[N+](=O)[O-])c2cc(OC)c(OC)cc2Cl)cc1. The normalized spacial score (nSPS) is 11.8. The highest BCUT2D eigenvalue weighted by Gasteiger charge is 2.27. The highest BCUT2D eigenvalue weighted by molar-refractivity contribution is 7.99. The Morgan fingerprint density at radius 1 is 1.10 bits per heavy atom. The monoisotopic (exact) mass is 464 g/mol. The first kappa shape index (κ1) is 22.7. The minimum atomic E-state index is -0.636. The minimum Gasteiger partial charge on any atom is -0.497 e. The molecule has 1 atom stereocenters. The number of benzene rings is 2. The number of aromatic nitrogens is 3. The number of methoxy groups -OCH3 is 3. The molecular weight excluding hydrogens is 444 g/mol. The lowest BCUT2D eigenvalue weighted by Gasteiger charge is -2.17. The van der Waals surface area contributed by atoms with Crippen molar-refractivity contribution < 1.29 is 19.1 Å². The number of thioether (sulfide) groups is 1. The van der Waals surface area contributed by atoms with Crippen molar-refractivity contribution in [3.8, 4) is 22.9 Å². The van der Waals surface area contributed by atoms with E-state index in [1.54, 1.807) is 19.2 Å². The number of aryl methyl sites for hydroxylation is 1. The van der Waals surface area contributed by atoms with Crippen LogP contribution in [0.15, 0.2) is 41.6 Å². The van der Waals surface area contributed by atoms with Crippen LogP contribution in [0.3, 0.4) is 0 Å². The van der Waals surface area contributed by atoms with Crippen molar-refractivity contribution in [2.24, 2.45) is 0 Å². The molecule has 164 valence electrons. The number of rotatable bonds is 9. The highest BCUT2D eigenvalue weighted by Crippen LogP contribution is 2.43. The van der Waals surface area contributed by atoms with E-state index in [1.807, 2.05) is 35.8 Å². The summed E-state index contributed by atoms with van der Waals surface area (Å²) in [5.41, 5.74) is 1.35. The second-order valence-electron chi connectivity index (χ2n) is 6.41. The van der Waals surface area contributed by atoms with Crippen LogP contribution in [-0.2, 0) is 0 Å². The number of nitrogens with zero attached hydrogens (tertiary/aromatic N) is 4. The van der Waals surface area contributed by atoms with E-state index in [2.05, 4.69) is 10.2 Å². The molecule has 2 aromatic carbocycles. The number of nitro groups is 1. The zero-order valence-electron chi connectivity index (χ0n) is 17.4. The first-order valence-corrected chi connectivity index (χ1v) is 10.4. The quantitative estimate of drug-likeness (QED) is 0.261. The fourth-order valence-electron chi connectivity index (χ4n) is 3.03. The van der Waals surface area contributed by atoms with Gasteiger partial charge in [0.1, 0.15) is 16.8 Å². The summed E-state index contributed by atoms with van der Waals surface area (Å²) in [6, 6.07) is 10.6. The van der Waals surface area contributed by atoms with Gasteiger partial charge in [0.25, 0.3) is 0 Å². The zero-order valence-corrected chi connectivity index (χ0v) is 18.9. The molecule has 3 rings (SSSR count). The topological polar surface area (TPSA) is 102 Å². The maximum atomic E-state index is 11.4. The van der Waals surface area contributed by atoms with E-state index in [-0.39, 0.29) is 11.5 Å². The Kier molecular flexibility index (Phi) is 7.24. The van der Waals surface area contributed by atoms with Gasteiger partial charge in [-0.1, -0.05) is 23.4 Å². The second-order valence-corrected chi connectivity index (χ2v) is 7.99. The van der Waals surface area contributed by atoms with Gasteiger partial charge in [0.05, 0.1) is 21.3 Å². The Labute approximate surface area is 188 Å². The molecule has 0 spiro atoms. The van der Waals surface area contributed by atoms with Gasteiger partial charge in [-0.25, -0.2) is 0 Å². The molecule has 1 aromatic heterocycles. The number of hydrogen-bond acceptors (Lipinski definition) is 8. The van der Waals surface area contributed by atoms with Gasteiger partial charge in [0.15, 0.2) is 16.7 Å². The molecule has 31 heavy (non-hydrogen) atoms. The first-order valence-electron chi connectivity index (χ1n) is 9.14. The van der Waals surface area contributed by atoms with Gasteiger partial charge in [-0.2, -0.15) is 0 Å². The van der Waals surface area contributed by atoms with Crippen molar-refractivity contribution in [1.29, 1.82) is 0 Å². The maximum absolute atomic E-state index is 11.4. The Bertz CT molecular complexity index is 1070. The predicted octanol–water partition coefficient (Wildman–Crippen LogP) is 4.37. The van der Waals surface area contributed by atoms with Gasteiger partial charge in [-0.3, -0.25) is 14.7 Å². The van der Waals surface area contributed by atoms with Gasteiger partial charge in [0, 0.05) is 21.7 Å². The Balaban J connectivity index is 2.02. The standard InChI is InChI=1S/C20H21ClN4O5S/c1-12-22-23-20(25(12)13-5-7-14(28-2)8-6-13)31-19(11-24(26)27)15-9-17(29-3)18(30-4)10-16(15)21/h5-10,19H,11H2,1-4H3/t19-/m1/s1. The van der Waals surface area contributed by atoms with Crippen LogP contribution in [0.2, 0.25) is 5.02 Å². The van der Waals surface area contributed by atoms with E-state index in [9.17, 15) is 10.1 Å². The third-order valence-electron chi connectivity index (χ3n) is 4.54. The highest BCUT2D eigenvalue weighted by atomic mass is 35.5. The zero-order chi connectivity index (χ0) is 22.5. The summed E-state index contributed by atoms with van der Waals surface area (Å²) in [4.78, 5) is 11.0. The Morgan fingerprint density at radius 3 is 2.32 bits per heavy atom. The van der Waals surface area contributed by atoms with E-state index < -0.39 is 5.25 Å². The third kappa shape index (κ3) is 5.02. The maximum Gasteiger partial charge on any atom is 0.220 e. The van der Waals surface area contributed by atoms with Crippen molar-refractivity contribution in [1.82, 2.24) is 14.8 Å². The van der Waals surface area contributed by atoms with Crippen LogP contribution in [-0.4, -0.2) is 47.6 Å². The molecule has 0 saturated heterocycles. The summed E-state index contributed by atoms with van der Waals surface area (Å²) in [7, 11) is 4.58. The van der Waals surface area contributed by atoms with Gasteiger partial charge in [0.2, 0.25) is 6.54 Å². The molecule has 0 bridgehead atoms. The molecule has 0 fully saturated rings. The van der Waals surface area contributed by atoms with Crippen molar-refractivity contribution in [3.63, 3.8) is 0 Å². The molecule has 0 saturated carbocycles. The van der Waals surface area contributed by atoms with Gasteiger partial charge < -0.3 is 14.2 Å². The van der Waals surface area contributed by atoms with E-state index in [1.165, 1.54) is 26.0 Å². The molecule has 0 amide bonds. The van der Waals surface area contributed by atoms with Crippen LogP contribution in [0.5, 0.6) is 17.2 Å². The molecule has 0 aliphatic rings. The molecule has 3 aromatic rings. The van der Waals surface area contributed by atoms with Crippen LogP contribution in [0, 0.1) is 17.0 Å².